The van der Waals surface area contributed by atoms with Crippen LogP contribution < -0.4 is 0 Å². The first-order valence-electron chi connectivity index (χ1n) is 3.34. The van der Waals surface area contributed by atoms with E-state index >= 15 is 0 Å². The highest BCUT2D eigenvalue weighted by Gasteiger charge is 1.90. The highest BCUT2D eigenvalue weighted by molar-refractivity contribution is 5.65. The molecule has 0 amide bonds. The molecule has 0 rings (SSSR count). The Morgan fingerprint density at radius 3 is 2.80 bits per heavy atom. The van der Waals surface area contributed by atoms with E-state index in [4.69, 9.17) is 6.42 Å². The Labute approximate surface area is 61.6 Å². The van der Waals surface area contributed by atoms with Gasteiger partial charge in [-0.15, -0.1) is 12.3 Å². The van der Waals surface area contributed by atoms with E-state index in [2.05, 4.69) is 10.7 Å². The van der Waals surface area contributed by atoms with Gasteiger partial charge in [0.2, 0.25) is 0 Å². The summed E-state index contributed by atoms with van der Waals surface area (Å²) in [6.45, 7) is 1.90. The van der Waals surface area contributed by atoms with Crippen molar-refractivity contribution < 1.29 is 9.53 Å². The quantitative estimate of drug-likeness (QED) is 0.335. The van der Waals surface area contributed by atoms with Crippen molar-refractivity contribution in [1.82, 2.24) is 0 Å². The lowest BCUT2D eigenvalue weighted by atomic mass is 10.2. The molecule has 0 atom stereocenters. The van der Waals surface area contributed by atoms with Crippen LogP contribution in [0.5, 0.6) is 0 Å². The number of rotatable bonds is 4. The molecule has 0 radical (unpaired) electrons. The molecule has 0 aromatic carbocycles. The monoisotopic (exact) mass is 140 g/mol. The van der Waals surface area contributed by atoms with E-state index in [1.54, 1.807) is 0 Å². The van der Waals surface area contributed by atoms with Crippen molar-refractivity contribution in [3.05, 3.63) is 0 Å². The summed E-state index contributed by atoms with van der Waals surface area (Å²) >= 11 is 0. The lowest BCUT2D eigenvalue weighted by Gasteiger charge is -1.98. The van der Waals surface area contributed by atoms with Crippen LogP contribution >= 0.6 is 0 Å². The van der Waals surface area contributed by atoms with Gasteiger partial charge in [-0.05, 0) is 12.8 Å². The maximum absolute atomic E-state index is 10.2. The van der Waals surface area contributed by atoms with Crippen molar-refractivity contribution >= 4 is 5.97 Å². The van der Waals surface area contributed by atoms with Gasteiger partial charge in [0.15, 0.2) is 0 Å². The molecule has 0 bridgehead atoms. The largest absolute Gasteiger partial charge is 0.466 e. The van der Waals surface area contributed by atoms with E-state index in [0.29, 0.717) is 6.61 Å². The standard InChI is InChI=1S/C8H12O2/c1-3-4-5-6-7-10-8(2)9/h1H,4-7H2,2H3. The van der Waals surface area contributed by atoms with E-state index in [-0.39, 0.29) is 5.97 Å². The van der Waals surface area contributed by atoms with Gasteiger partial charge in [-0.25, -0.2) is 0 Å². The summed E-state index contributed by atoms with van der Waals surface area (Å²) < 4.78 is 4.68. The van der Waals surface area contributed by atoms with Crippen molar-refractivity contribution in [2.75, 3.05) is 6.61 Å². The predicted octanol–water partition coefficient (Wildman–Crippen LogP) is 1.35. The molecule has 0 aliphatic carbocycles. The molecule has 0 unspecified atom stereocenters. The molecule has 10 heavy (non-hydrogen) atoms. The first kappa shape index (κ1) is 9.03. The zero-order valence-corrected chi connectivity index (χ0v) is 6.22. The van der Waals surface area contributed by atoms with Crippen LogP contribution in [0.25, 0.3) is 0 Å². The maximum atomic E-state index is 10.2. The van der Waals surface area contributed by atoms with Crippen molar-refractivity contribution in [2.45, 2.75) is 26.2 Å². The first-order valence-corrected chi connectivity index (χ1v) is 3.34. The van der Waals surface area contributed by atoms with E-state index in [1.165, 1.54) is 6.92 Å². The summed E-state index contributed by atoms with van der Waals surface area (Å²) in [6.07, 6.45) is 7.58. The third-order valence-corrected chi connectivity index (χ3v) is 1.02. The highest BCUT2D eigenvalue weighted by atomic mass is 16.5. The number of esters is 1. The van der Waals surface area contributed by atoms with E-state index < -0.39 is 0 Å². The highest BCUT2D eigenvalue weighted by Crippen LogP contribution is 1.93. The topological polar surface area (TPSA) is 26.3 Å². The molecule has 56 valence electrons. The molecule has 0 saturated heterocycles. The Kier molecular flexibility index (Phi) is 5.56. The molecular weight excluding hydrogens is 128 g/mol. The lowest BCUT2D eigenvalue weighted by Crippen LogP contribution is -1.99. The van der Waals surface area contributed by atoms with Crippen LogP contribution in [0.3, 0.4) is 0 Å². The molecule has 0 aromatic heterocycles. The number of hydrogen-bond donors (Lipinski definition) is 0. The number of hydrogen-bond acceptors (Lipinski definition) is 2. The van der Waals surface area contributed by atoms with E-state index in [1.807, 2.05) is 0 Å². The maximum Gasteiger partial charge on any atom is 0.302 e. The van der Waals surface area contributed by atoms with Gasteiger partial charge in [0, 0.05) is 13.3 Å². The Balaban J connectivity index is 2.92. The fourth-order valence-corrected chi connectivity index (χ4v) is 0.545. The molecule has 0 fully saturated rings. The minimum absolute atomic E-state index is 0.222. The average Bonchev–Trinajstić information content (AvgIpc) is 1.87. The van der Waals surface area contributed by atoms with Gasteiger partial charge in [-0.1, -0.05) is 0 Å². The molecule has 0 aliphatic heterocycles. The summed E-state index contributed by atoms with van der Waals surface area (Å²) in [5.74, 6) is 2.29. The predicted molar refractivity (Wildman–Crippen MR) is 39.3 cm³/mol. The molecule has 0 saturated carbocycles. The van der Waals surface area contributed by atoms with Crippen molar-refractivity contribution in [1.29, 1.82) is 0 Å². The summed E-state index contributed by atoms with van der Waals surface area (Å²) in [4.78, 5) is 10.2. The molecule has 2 nitrogen and oxygen atoms in total. The van der Waals surface area contributed by atoms with Crippen molar-refractivity contribution in [3.8, 4) is 12.3 Å². The SMILES string of the molecule is C#CCCCCOC(C)=O. The summed E-state index contributed by atoms with van der Waals surface area (Å²) in [5, 5.41) is 0. The second-order valence-corrected chi connectivity index (χ2v) is 2.00. The van der Waals surface area contributed by atoms with Crippen LogP contribution in [0.1, 0.15) is 26.2 Å². The third-order valence-electron chi connectivity index (χ3n) is 1.02. The van der Waals surface area contributed by atoms with Gasteiger partial charge in [-0.3, -0.25) is 4.79 Å². The normalized spacial score (nSPS) is 8.40. The lowest BCUT2D eigenvalue weighted by molar-refractivity contribution is -0.141. The summed E-state index contributed by atoms with van der Waals surface area (Å²) in [5.41, 5.74) is 0. The number of carbonyl (C=O) groups is 1. The minimum Gasteiger partial charge on any atom is -0.466 e. The van der Waals surface area contributed by atoms with Crippen molar-refractivity contribution in [3.63, 3.8) is 0 Å². The minimum atomic E-state index is -0.222. The first-order chi connectivity index (χ1) is 4.77. The molecule has 0 aromatic rings. The second-order valence-electron chi connectivity index (χ2n) is 2.00. The molecule has 0 aliphatic rings. The fraction of sp³-hybridized carbons (Fsp3) is 0.625. The van der Waals surface area contributed by atoms with Crippen LogP contribution in [0.4, 0.5) is 0 Å². The Bertz CT molecular complexity index is 133. The van der Waals surface area contributed by atoms with Gasteiger partial charge in [0.1, 0.15) is 0 Å². The zero-order chi connectivity index (χ0) is 7.82. The van der Waals surface area contributed by atoms with Crippen LogP contribution in [0.15, 0.2) is 0 Å². The fourth-order valence-electron chi connectivity index (χ4n) is 0.545. The third kappa shape index (κ3) is 7.03. The van der Waals surface area contributed by atoms with Gasteiger partial charge < -0.3 is 4.74 Å². The molecule has 0 spiro atoms. The van der Waals surface area contributed by atoms with Crippen LogP contribution in [-0.4, -0.2) is 12.6 Å². The van der Waals surface area contributed by atoms with Crippen LogP contribution in [-0.2, 0) is 9.53 Å². The molecule has 0 heterocycles. The molecule has 2 heteroatoms. The average molecular weight is 140 g/mol. The van der Waals surface area contributed by atoms with Gasteiger partial charge >= 0.3 is 5.97 Å². The van der Waals surface area contributed by atoms with Crippen molar-refractivity contribution in [2.24, 2.45) is 0 Å². The summed E-state index contributed by atoms with van der Waals surface area (Å²) in [7, 11) is 0. The Morgan fingerprint density at radius 2 is 2.30 bits per heavy atom. The Hall–Kier alpha value is -0.970. The smallest absolute Gasteiger partial charge is 0.302 e. The number of carbonyl (C=O) groups excluding carboxylic acids is 1. The van der Waals surface area contributed by atoms with Gasteiger partial charge in [0.25, 0.3) is 0 Å². The number of terminal acetylenes is 1. The zero-order valence-electron chi connectivity index (χ0n) is 6.22. The number of ether oxygens (including phenoxy) is 1. The second kappa shape index (κ2) is 6.15. The van der Waals surface area contributed by atoms with Gasteiger partial charge in [0.05, 0.1) is 6.61 Å². The number of unbranched alkanes of at least 4 members (excludes halogenated alkanes) is 2. The molecule has 0 N–H and O–H groups in total. The van der Waals surface area contributed by atoms with E-state index in [9.17, 15) is 4.79 Å². The van der Waals surface area contributed by atoms with Crippen LogP contribution in [0.2, 0.25) is 0 Å². The van der Waals surface area contributed by atoms with E-state index in [0.717, 1.165) is 19.3 Å². The van der Waals surface area contributed by atoms with Gasteiger partial charge in [-0.2, -0.15) is 0 Å². The summed E-state index contributed by atoms with van der Waals surface area (Å²) in [6, 6.07) is 0. The van der Waals surface area contributed by atoms with Crippen LogP contribution in [0, 0.1) is 12.3 Å². The Morgan fingerprint density at radius 1 is 1.60 bits per heavy atom. The molecular formula is C8H12O2.